The van der Waals surface area contributed by atoms with Gasteiger partial charge in [-0.1, -0.05) is 42.0 Å². The Morgan fingerprint density at radius 1 is 1.06 bits per heavy atom. The molecule has 0 radical (unpaired) electrons. The highest BCUT2D eigenvalue weighted by Gasteiger charge is 2.27. The summed E-state index contributed by atoms with van der Waals surface area (Å²) in [5.74, 6) is -0.166. The molecule has 1 aliphatic rings. The monoisotopic (exact) mass is 456 g/mol. The Morgan fingerprint density at radius 2 is 1.84 bits per heavy atom. The summed E-state index contributed by atoms with van der Waals surface area (Å²) < 4.78 is 32.8. The van der Waals surface area contributed by atoms with Gasteiger partial charge in [0.15, 0.2) is 0 Å². The normalized spacial score (nSPS) is 15.0. The minimum atomic E-state index is -3.53. The third kappa shape index (κ3) is 5.04. The molecular formula is C23H24N2O4S2. The minimum Gasteiger partial charge on any atom is -0.379 e. The number of benzene rings is 2. The number of ether oxygens (including phenoxy) is 1. The summed E-state index contributed by atoms with van der Waals surface area (Å²) in [7, 11) is -3.53. The number of carbonyl (C=O) groups excluding carboxylic acids is 1. The van der Waals surface area contributed by atoms with Crippen molar-refractivity contribution in [1.82, 2.24) is 9.62 Å². The highest BCUT2D eigenvalue weighted by atomic mass is 32.2. The number of sulfonamides is 1. The third-order valence-electron chi connectivity index (χ3n) is 5.09. The van der Waals surface area contributed by atoms with Crippen molar-refractivity contribution < 1.29 is 17.9 Å². The van der Waals surface area contributed by atoms with Gasteiger partial charge in [0, 0.05) is 30.1 Å². The molecular weight excluding hydrogens is 432 g/mol. The number of nitrogens with one attached hydrogen (secondary N) is 1. The number of amides is 1. The quantitative estimate of drug-likeness (QED) is 0.614. The summed E-state index contributed by atoms with van der Waals surface area (Å²) >= 11 is 1.22. The molecule has 1 N–H and O–H groups in total. The van der Waals surface area contributed by atoms with Crippen molar-refractivity contribution in [2.24, 2.45) is 0 Å². The van der Waals surface area contributed by atoms with Crippen LogP contribution in [0.5, 0.6) is 0 Å². The first-order valence-electron chi connectivity index (χ1n) is 10.1. The summed E-state index contributed by atoms with van der Waals surface area (Å²) in [5, 5.41) is 2.94. The molecule has 0 atom stereocenters. The average Bonchev–Trinajstić information content (AvgIpc) is 3.30. The van der Waals surface area contributed by atoms with Crippen LogP contribution in [0.2, 0.25) is 0 Å². The largest absolute Gasteiger partial charge is 0.379 e. The lowest BCUT2D eigenvalue weighted by Gasteiger charge is -2.25. The van der Waals surface area contributed by atoms with E-state index in [-0.39, 0.29) is 5.91 Å². The van der Waals surface area contributed by atoms with Gasteiger partial charge in [-0.25, -0.2) is 8.42 Å². The van der Waals surface area contributed by atoms with Crippen LogP contribution in [0.25, 0.3) is 10.4 Å². The van der Waals surface area contributed by atoms with Crippen molar-refractivity contribution >= 4 is 27.3 Å². The van der Waals surface area contributed by atoms with Gasteiger partial charge in [0.2, 0.25) is 0 Å². The maximum atomic E-state index is 12.9. The van der Waals surface area contributed by atoms with Crippen molar-refractivity contribution in [2.45, 2.75) is 17.7 Å². The fraction of sp³-hybridized carbons (Fsp3) is 0.261. The Labute approximate surface area is 186 Å². The highest BCUT2D eigenvalue weighted by Crippen LogP contribution is 2.33. The van der Waals surface area contributed by atoms with E-state index >= 15 is 0 Å². The standard InChI is InChI=1S/C23H24N2O4S2/c1-17-4-2-5-18(14-17)16-24-23(26)20-7-3-6-19(15-20)21-8-9-22(30-21)31(27,28)25-10-12-29-13-11-25/h2-9,14-15H,10-13,16H2,1H3,(H,24,26). The number of hydrogen-bond donors (Lipinski definition) is 1. The van der Waals surface area contributed by atoms with Gasteiger partial charge in [0.05, 0.1) is 13.2 Å². The molecule has 0 aliphatic carbocycles. The Hall–Kier alpha value is -2.52. The van der Waals surface area contributed by atoms with Crippen LogP contribution < -0.4 is 5.32 Å². The zero-order valence-corrected chi connectivity index (χ0v) is 18.8. The van der Waals surface area contributed by atoms with Crippen LogP contribution in [0.4, 0.5) is 0 Å². The molecule has 3 aromatic rings. The topological polar surface area (TPSA) is 75.7 Å². The second-order valence-corrected chi connectivity index (χ2v) is 10.6. The van der Waals surface area contributed by atoms with Crippen molar-refractivity contribution in [2.75, 3.05) is 26.3 Å². The van der Waals surface area contributed by atoms with Crippen LogP contribution >= 0.6 is 11.3 Å². The molecule has 1 fully saturated rings. The predicted octanol–water partition coefficient (Wildman–Crippen LogP) is 3.67. The number of hydrogen-bond acceptors (Lipinski definition) is 5. The fourth-order valence-electron chi connectivity index (χ4n) is 3.45. The molecule has 1 aliphatic heterocycles. The first kappa shape index (κ1) is 21.7. The predicted molar refractivity (Wildman–Crippen MR) is 122 cm³/mol. The number of thiophene rings is 1. The van der Waals surface area contributed by atoms with E-state index < -0.39 is 10.0 Å². The summed E-state index contributed by atoms with van der Waals surface area (Å²) in [6, 6.07) is 18.7. The van der Waals surface area contributed by atoms with E-state index in [0.29, 0.717) is 42.6 Å². The third-order valence-corrected chi connectivity index (χ3v) is 8.59. The Balaban J connectivity index is 1.49. The van der Waals surface area contributed by atoms with Crippen LogP contribution in [-0.2, 0) is 21.3 Å². The summed E-state index contributed by atoms with van der Waals surface area (Å²) in [4.78, 5) is 13.4. The van der Waals surface area contributed by atoms with E-state index in [1.165, 1.54) is 15.6 Å². The molecule has 1 amide bonds. The lowest BCUT2D eigenvalue weighted by Crippen LogP contribution is -2.40. The summed E-state index contributed by atoms with van der Waals surface area (Å²) in [6.07, 6.45) is 0. The molecule has 8 heteroatoms. The van der Waals surface area contributed by atoms with E-state index in [0.717, 1.165) is 21.6 Å². The first-order chi connectivity index (χ1) is 14.9. The lowest BCUT2D eigenvalue weighted by atomic mass is 10.1. The Morgan fingerprint density at radius 3 is 2.61 bits per heavy atom. The molecule has 6 nitrogen and oxygen atoms in total. The van der Waals surface area contributed by atoms with Crippen LogP contribution in [-0.4, -0.2) is 44.9 Å². The van der Waals surface area contributed by atoms with Gasteiger partial charge in [-0.05, 0) is 42.3 Å². The van der Waals surface area contributed by atoms with Gasteiger partial charge in [0.25, 0.3) is 15.9 Å². The number of rotatable bonds is 6. The summed E-state index contributed by atoms with van der Waals surface area (Å²) in [6.45, 7) is 4.03. The van der Waals surface area contributed by atoms with Gasteiger partial charge in [-0.3, -0.25) is 4.79 Å². The molecule has 2 aromatic carbocycles. The van der Waals surface area contributed by atoms with Gasteiger partial charge >= 0.3 is 0 Å². The van der Waals surface area contributed by atoms with E-state index in [1.807, 2.05) is 43.3 Å². The van der Waals surface area contributed by atoms with E-state index in [1.54, 1.807) is 24.3 Å². The van der Waals surface area contributed by atoms with E-state index in [2.05, 4.69) is 5.32 Å². The Kier molecular flexibility index (Phi) is 6.52. The first-order valence-corrected chi connectivity index (χ1v) is 12.3. The highest BCUT2D eigenvalue weighted by molar-refractivity contribution is 7.91. The zero-order chi connectivity index (χ0) is 21.8. The second-order valence-electron chi connectivity index (χ2n) is 7.39. The van der Waals surface area contributed by atoms with Gasteiger partial charge in [-0.2, -0.15) is 4.31 Å². The van der Waals surface area contributed by atoms with Crippen molar-refractivity contribution in [1.29, 1.82) is 0 Å². The molecule has 2 heterocycles. The van der Waals surface area contributed by atoms with Crippen molar-refractivity contribution in [3.05, 3.63) is 77.4 Å². The number of aryl methyl sites for hydroxylation is 1. The average molecular weight is 457 g/mol. The SMILES string of the molecule is Cc1cccc(CNC(=O)c2cccc(-c3ccc(S(=O)(=O)N4CCOCC4)s3)c2)c1. The van der Waals surface area contributed by atoms with Crippen molar-refractivity contribution in [3.63, 3.8) is 0 Å². The molecule has 162 valence electrons. The number of carbonyl (C=O) groups is 1. The van der Waals surface area contributed by atoms with E-state index in [4.69, 9.17) is 4.74 Å². The van der Waals surface area contributed by atoms with Crippen LogP contribution in [0, 0.1) is 6.92 Å². The maximum Gasteiger partial charge on any atom is 0.252 e. The maximum absolute atomic E-state index is 12.9. The summed E-state index contributed by atoms with van der Waals surface area (Å²) in [5.41, 5.74) is 3.54. The molecule has 31 heavy (non-hydrogen) atoms. The van der Waals surface area contributed by atoms with Gasteiger partial charge in [-0.15, -0.1) is 11.3 Å². The van der Waals surface area contributed by atoms with Crippen molar-refractivity contribution in [3.8, 4) is 10.4 Å². The molecule has 1 saturated heterocycles. The smallest absolute Gasteiger partial charge is 0.252 e. The minimum absolute atomic E-state index is 0.166. The van der Waals surface area contributed by atoms with Gasteiger partial charge < -0.3 is 10.1 Å². The zero-order valence-electron chi connectivity index (χ0n) is 17.2. The molecule has 0 unspecified atom stereocenters. The van der Waals surface area contributed by atoms with Crippen LogP contribution in [0.15, 0.2) is 64.9 Å². The molecule has 1 aromatic heterocycles. The Bertz CT molecular complexity index is 1180. The number of nitrogens with zero attached hydrogens (tertiary/aromatic N) is 1. The van der Waals surface area contributed by atoms with Crippen LogP contribution in [0.1, 0.15) is 21.5 Å². The van der Waals surface area contributed by atoms with E-state index in [9.17, 15) is 13.2 Å². The lowest BCUT2D eigenvalue weighted by molar-refractivity contribution is 0.0731. The fourth-order valence-corrected chi connectivity index (χ4v) is 6.31. The molecule has 4 rings (SSSR count). The molecule has 0 spiro atoms. The second kappa shape index (κ2) is 9.32. The molecule has 0 saturated carbocycles. The van der Waals surface area contributed by atoms with Gasteiger partial charge in [0.1, 0.15) is 4.21 Å². The molecule has 0 bridgehead atoms. The number of morpholine rings is 1. The van der Waals surface area contributed by atoms with Crippen LogP contribution in [0.3, 0.4) is 0 Å².